The molecule has 662 valence electrons. The van der Waals surface area contributed by atoms with Gasteiger partial charge in [0.15, 0.2) is 58.2 Å². The van der Waals surface area contributed by atoms with Gasteiger partial charge >= 0.3 is 0 Å². The van der Waals surface area contributed by atoms with Crippen molar-refractivity contribution in [2.45, 2.75) is 37.0 Å². The number of unbranched alkanes of at least 4 members (excludes halogenated alkanes) is 1. The van der Waals surface area contributed by atoms with E-state index in [1.807, 2.05) is 200 Å². The maximum Gasteiger partial charge on any atom is 0.167 e. The van der Waals surface area contributed by atoms with Crippen molar-refractivity contribution in [3.63, 3.8) is 0 Å². The van der Waals surface area contributed by atoms with Crippen molar-refractivity contribution >= 4 is 21.9 Å². The van der Waals surface area contributed by atoms with Gasteiger partial charge in [-0.15, -0.1) is 0 Å². The Bertz CT molecular complexity index is 8790. The third-order valence-electron chi connectivity index (χ3n) is 28.2. The molecule has 2 spiro atoms. The first kappa shape index (κ1) is 82.0. The summed E-state index contributed by atoms with van der Waals surface area (Å²) in [6.45, 7) is 2.24. The number of para-hydroxylation sites is 1. The summed E-state index contributed by atoms with van der Waals surface area (Å²) in [6.07, 6.45) is 3.05. The minimum atomic E-state index is -1.01. The first-order valence-electron chi connectivity index (χ1n) is 47.8. The van der Waals surface area contributed by atoms with Gasteiger partial charge in [0.2, 0.25) is 0 Å². The van der Waals surface area contributed by atoms with Crippen LogP contribution in [0.15, 0.2) is 441 Å². The molecule has 18 aromatic carbocycles. The van der Waals surface area contributed by atoms with E-state index >= 15 is 0 Å². The highest BCUT2D eigenvalue weighted by molar-refractivity contribution is 6.13. The molecule has 0 radical (unpaired) electrons. The van der Waals surface area contributed by atoms with E-state index < -0.39 is 10.8 Å². The molecule has 0 bridgehead atoms. The second-order valence-corrected chi connectivity index (χ2v) is 36.4. The average Bonchev–Trinajstić information content (AvgIpc) is 1.54. The Morgan fingerprint density at radius 1 is 0.206 bits per heavy atom. The molecule has 0 fully saturated rings. The second-order valence-electron chi connectivity index (χ2n) is 36.4. The second kappa shape index (κ2) is 33.5. The van der Waals surface area contributed by atoms with Crippen molar-refractivity contribution in [2.75, 3.05) is 0 Å². The van der Waals surface area contributed by atoms with Crippen LogP contribution in [0.4, 0.5) is 0 Å². The van der Waals surface area contributed by atoms with Gasteiger partial charge in [0.05, 0.1) is 27.8 Å². The lowest BCUT2D eigenvalue weighted by atomic mass is 9.65. The highest BCUT2D eigenvalue weighted by Crippen LogP contribution is 2.66. The lowest BCUT2D eigenvalue weighted by molar-refractivity contribution is 0.435. The standard InChI is InChI=1S/C127H81N11O3/c1-2-3-31-77-54-65-102-112(70-77)140-113-75-90(60-67-103(113)126(102)100-51-28-26-47-93(100)97-72-91(61-66-101(97)126)123-133-117(80-34-13-5-14-35-80)130-118(134-123)81-36-15-6-16-37-81)108-76-107(79-32-11-4-12-33-79)128-116(129-108)86-57-55-78(56-58-86)88-63-69-110-106(74-88)127(104-52-29-49-96(115(104)141-110)125-137-121(84-42-21-9-22-43-84)132-122(138-125)85-44-23-10-24-45-85)99-50-27-25-46-92(99)94-64-59-89(73-105(94)127)87-62-68-109-98(71-87)114-95(48-30-53-111(114)139-109)124-135-119(82-38-17-7-18-39-82)131-120(136-124)83-40-19-8-20-41-83/h4-30,32-76H,2-3,31H2,1H3. The third kappa shape index (κ3) is 13.7. The maximum atomic E-state index is 7.65. The van der Waals surface area contributed by atoms with E-state index in [0.29, 0.717) is 69.7 Å². The molecule has 27 rings (SSSR count). The molecule has 141 heavy (non-hydrogen) atoms. The smallest absolute Gasteiger partial charge is 0.167 e. The number of aromatic nitrogens is 11. The lowest BCUT2D eigenvalue weighted by Gasteiger charge is -2.40. The van der Waals surface area contributed by atoms with Gasteiger partial charge in [0, 0.05) is 94.2 Å². The minimum absolute atomic E-state index is 0.477. The van der Waals surface area contributed by atoms with E-state index in [0.717, 1.165) is 214 Å². The van der Waals surface area contributed by atoms with Crippen molar-refractivity contribution < 1.29 is 13.9 Å². The molecule has 14 heteroatoms. The summed E-state index contributed by atoms with van der Waals surface area (Å²) in [7, 11) is 0. The van der Waals surface area contributed by atoms with Crippen LogP contribution in [0.1, 0.15) is 69.8 Å². The topological polar surface area (TPSA) is 173 Å². The number of ether oxygens (including phenoxy) is 2. The lowest BCUT2D eigenvalue weighted by Crippen LogP contribution is -2.32. The van der Waals surface area contributed by atoms with E-state index in [4.69, 9.17) is 68.7 Å². The van der Waals surface area contributed by atoms with Crippen LogP contribution in [0, 0.1) is 0 Å². The van der Waals surface area contributed by atoms with Crippen molar-refractivity contribution in [3.05, 3.63) is 487 Å². The molecular weight excluding hydrogens is 1730 g/mol. The normalized spacial score (nSPS) is 14.2. The summed E-state index contributed by atoms with van der Waals surface area (Å²) >= 11 is 0. The fraction of sp³-hybridized carbons (Fsp3) is 0.0472. The highest BCUT2D eigenvalue weighted by Gasteiger charge is 2.54. The van der Waals surface area contributed by atoms with Crippen LogP contribution in [0.2, 0.25) is 0 Å². The van der Waals surface area contributed by atoms with E-state index in [1.54, 1.807) is 0 Å². The third-order valence-corrected chi connectivity index (χ3v) is 28.2. The molecule has 23 aromatic rings. The molecule has 2 unspecified atom stereocenters. The number of rotatable bonds is 17. The zero-order valence-corrected chi connectivity index (χ0v) is 76.3. The minimum Gasteiger partial charge on any atom is -0.457 e. The monoisotopic (exact) mass is 1810 g/mol. The molecule has 4 aliphatic rings. The Balaban J connectivity index is 0.594. The molecule has 0 N–H and O–H groups in total. The molecular formula is C127H81N11O3. The first-order valence-corrected chi connectivity index (χ1v) is 47.8. The largest absolute Gasteiger partial charge is 0.457 e. The van der Waals surface area contributed by atoms with Gasteiger partial charge in [-0.1, -0.05) is 383 Å². The van der Waals surface area contributed by atoms with Crippen LogP contribution >= 0.6 is 0 Å². The fourth-order valence-electron chi connectivity index (χ4n) is 21.6. The fourth-order valence-corrected chi connectivity index (χ4v) is 21.6. The van der Waals surface area contributed by atoms with Gasteiger partial charge in [0.25, 0.3) is 0 Å². The summed E-state index contributed by atoms with van der Waals surface area (Å²) in [6, 6.07) is 153. The number of benzene rings is 18. The average molecular weight is 1810 g/mol. The predicted octanol–water partition coefficient (Wildman–Crippen LogP) is 30.5. The number of nitrogens with zero attached hydrogens (tertiary/aromatic N) is 11. The summed E-state index contributed by atoms with van der Waals surface area (Å²) < 4.78 is 21.9. The van der Waals surface area contributed by atoms with Crippen molar-refractivity contribution in [1.82, 2.24) is 54.8 Å². The van der Waals surface area contributed by atoms with E-state index in [1.165, 1.54) is 11.1 Å². The maximum absolute atomic E-state index is 7.65. The Morgan fingerprint density at radius 2 is 0.589 bits per heavy atom. The summed E-state index contributed by atoms with van der Waals surface area (Å²) in [5.74, 6) is 8.53. The number of hydrogen-bond acceptors (Lipinski definition) is 14. The van der Waals surface area contributed by atoms with Crippen molar-refractivity contribution in [2.24, 2.45) is 0 Å². The first-order chi connectivity index (χ1) is 69.8. The molecule has 2 aliphatic heterocycles. The van der Waals surface area contributed by atoms with Crippen LogP contribution in [-0.4, -0.2) is 54.8 Å². The number of fused-ring (bicyclic) bond motifs is 21. The van der Waals surface area contributed by atoms with E-state index in [2.05, 4.69) is 244 Å². The van der Waals surface area contributed by atoms with Gasteiger partial charge in [0.1, 0.15) is 34.2 Å². The molecule has 2 aliphatic carbocycles. The Kier molecular flexibility index (Phi) is 19.5. The van der Waals surface area contributed by atoms with E-state index in [9.17, 15) is 0 Å². The van der Waals surface area contributed by atoms with Gasteiger partial charge in [-0.05, 0) is 152 Å². The van der Waals surface area contributed by atoms with E-state index in [-0.39, 0.29) is 0 Å². The van der Waals surface area contributed by atoms with Crippen LogP contribution < -0.4 is 9.47 Å². The molecule has 0 amide bonds. The van der Waals surface area contributed by atoms with Crippen molar-refractivity contribution in [3.8, 4) is 204 Å². The van der Waals surface area contributed by atoms with Gasteiger partial charge in [-0.3, -0.25) is 0 Å². The quantitative estimate of drug-likeness (QED) is 0.0842. The Morgan fingerprint density at radius 3 is 1.17 bits per heavy atom. The highest BCUT2D eigenvalue weighted by atomic mass is 16.5. The zero-order chi connectivity index (χ0) is 93.2. The Labute approximate surface area is 813 Å². The van der Waals surface area contributed by atoms with Gasteiger partial charge in [-0.2, -0.15) is 0 Å². The summed E-state index contributed by atoms with van der Waals surface area (Å²) in [5, 5.41) is 1.83. The number of aryl methyl sites for hydroxylation is 1. The summed E-state index contributed by atoms with van der Waals surface area (Å²) in [4.78, 5) is 58.1. The van der Waals surface area contributed by atoms with Crippen LogP contribution in [0.5, 0.6) is 23.0 Å². The molecule has 0 saturated carbocycles. The molecule has 0 saturated heterocycles. The summed E-state index contributed by atoms with van der Waals surface area (Å²) in [5.41, 5.74) is 29.8. The molecule has 2 atom stereocenters. The number of hydrogen-bond donors (Lipinski definition) is 0. The molecule has 5 aromatic heterocycles. The predicted molar refractivity (Wildman–Crippen MR) is 559 cm³/mol. The van der Waals surface area contributed by atoms with Gasteiger partial charge in [-0.25, -0.2) is 54.8 Å². The molecule has 7 heterocycles. The van der Waals surface area contributed by atoms with Crippen molar-refractivity contribution in [1.29, 1.82) is 0 Å². The SMILES string of the molecule is CCCCc1ccc2c(c1)Oc1cc(-c3cc(-c4ccccc4)nc(-c4ccc(-c5ccc6c(c5)C5(c7ccccc7-c7ccc(-c8ccc9oc%10cccc(-c%11nc(-c%12ccccc%12)nc(-c%12ccccc%12)n%11)c%10c9c8)cc75)c5cccc(-c7nc(-c8ccccc8)nc(-c8ccccc8)n7)c5O6)cc4)n3)ccc1C21c2ccccc2-c2cc(-c3nc(-c4ccccc4)nc(-c4ccccc4)n3)ccc21. The van der Waals surface area contributed by atoms with Crippen LogP contribution in [-0.2, 0) is 17.3 Å². The zero-order valence-electron chi connectivity index (χ0n) is 76.3. The Hall–Kier alpha value is -18.5. The van der Waals surface area contributed by atoms with Gasteiger partial charge < -0.3 is 13.9 Å². The van der Waals surface area contributed by atoms with Crippen LogP contribution in [0.25, 0.3) is 203 Å². The van der Waals surface area contributed by atoms with Crippen LogP contribution in [0.3, 0.4) is 0 Å². The molecule has 14 nitrogen and oxygen atoms in total. The number of furan rings is 1.